The zero-order chi connectivity index (χ0) is 10.5. The van der Waals surface area contributed by atoms with E-state index in [9.17, 15) is 0 Å². The van der Waals surface area contributed by atoms with Gasteiger partial charge in [-0.3, -0.25) is 0 Å². The molecule has 0 unspecified atom stereocenters. The molecule has 0 saturated carbocycles. The van der Waals surface area contributed by atoms with Crippen molar-refractivity contribution in [2.75, 3.05) is 0 Å². The van der Waals surface area contributed by atoms with Crippen molar-refractivity contribution in [3.63, 3.8) is 0 Å². The summed E-state index contributed by atoms with van der Waals surface area (Å²) < 4.78 is 0. The summed E-state index contributed by atoms with van der Waals surface area (Å²) in [5, 5.41) is 12.7. The highest BCUT2D eigenvalue weighted by atomic mass is 32.1. The number of thiophene rings is 1. The van der Waals surface area contributed by atoms with Crippen molar-refractivity contribution in [3.8, 4) is 5.40 Å². The van der Waals surface area contributed by atoms with Gasteiger partial charge >= 0.3 is 0 Å². The van der Waals surface area contributed by atoms with Gasteiger partial charge in [0.05, 0.1) is 0 Å². The fourth-order valence-electron chi connectivity index (χ4n) is 0.612. The molecule has 72 valence electrons. The first-order chi connectivity index (χ1) is 6.91. The molecule has 14 heavy (non-hydrogen) atoms. The molecule has 0 spiro atoms. The molecule has 1 heterocycles. The van der Waals surface area contributed by atoms with Gasteiger partial charge in [-0.05, 0) is 10.8 Å². The van der Waals surface area contributed by atoms with Crippen LogP contribution in [0.25, 0.3) is 0 Å². The highest BCUT2D eigenvalue weighted by Gasteiger charge is 1.58. The van der Waals surface area contributed by atoms with Gasteiger partial charge in [-0.2, -0.15) is 16.6 Å². The van der Waals surface area contributed by atoms with Crippen molar-refractivity contribution in [2.45, 2.75) is 0 Å². The Bertz CT molecular complexity index is 267. The lowest BCUT2D eigenvalue weighted by molar-refractivity contribution is 1.57. The van der Waals surface area contributed by atoms with Crippen LogP contribution in [0.5, 0.6) is 0 Å². The lowest BCUT2D eigenvalue weighted by Crippen LogP contribution is -1.47. The van der Waals surface area contributed by atoms with Crippen LogP contribution in [0.4, 0.5) is 0 Å². The second-order valence-corrected chi connectivity index (χ2v) is 3.06. The van der Waals surface area contributed by atoms with Crippen molar-refractivity contribution in [1.82, 2.24) is 0 Å². The Labute approximate surface area is 94.1 Å². The third-order valence-corrected chi connectivity index (χ3v) is 1.72. The molecular formula is C11H11NS2. The number of nitriles is 1. The van der Waals surface area contributed by atoms with Crippen LogP contribution in [0, 0.1) is 10.7 Å². The maximum atomic E-state index is 7.18. The molecule has 1 nitrogen and oxygen atoms in total. The lowest BCUT2D eigenvalue weighted by Gasteiger charge is -1.69. The Kier molecular flexibility index (Phi) is 10.7. The Morgan fingerprint density at radius 2 is 1.07 bits per heavy atom. The molecule has 3 heteroatoms. The number of hydrogen-bond acceptors (Lipinski definition) is 3. The highest BCUT2D eigenvalue weighted by molar-refractivity contribution is 7.85. The number of nitrogens with zero attached hydrogens (tertiary/aromatic N) is 1. The van der Waals surface area contributed by atoms with Crippen LogP contribution in [0.3, 0.4) is 0 Å². The maximum Gasteiger partial charge on any atom is 0.130 e. The highest BCUT2D eigenvalue weighted by Crippen LogP contribution is 1.91. The standard InChI is InChI=1S/C6H6.C4H4S.CHNS/c1-2-4-6-5-3-1;1-2-4-5-3-1;2-1-3/h1-6H;1-4H;3H. The van der Waals surface area contributed by atoms with Crippen LogP contribution in [0.15, 0.2) is 59.3 Å². The Balaban J connectivity index is 0.000000193. The summed E-state index contributed by atoms with van der Waals surface area (Å²) in [6.45, 7) is 0. The van der Waals surface area contributed by atoms with Crippen LogP contribution in [-0.2, 0) is 0 Å². The van der Waals surface area contributed by atoms with Crippen molar-refractivity contribution in [3.05, 3.63) is 59.3 Å². The minimum Gasteiger partial charge on any atom is -0.185 e. The first kappa shape index (κ1) is 12.8. The fraction of sp³-hybridized carbons (Fsp3) is 0. The molecular weight excluding hydrogens is 210 g/mol. The Hall–Kier alpha value is -1.24. The lowest BCUT2D eigenvalue weighted by atomic mass is 10.4. The molecule has 0 fully saturated rings. The predicted octanol–water partition coefficient (Wildman–Crippen LogP) is 3.83. The van der Waals surface area contributed by atoms with Crippen LogP contribution in [0.1, 0.15) is 0 Å². The van der Waals surface area contributed by atoms with E-state index in [1.807, 2.05) is 59.3 Å². The summed E-state index contributed by atoms with van der Waals surface area (Å²) in [6.07, 6.45) is 0. The van der Waals surface area contributed by atoms with E-state index >= 15 is 0 Å². The first-order valence-electron chi connectivity index (χ1n) is 3.92. The molecule has 0 radical (unpaired) electrons. The summed E-state index contributed by atoms with van der Waals surface area (Å²) in [6, 6.07) is 16.0. The zero-order valence-electron chi connectivity index (χ0n) is 7.58. The number of thiocyanates is 1. The van der Waals surface area contributed by atoms with Gasteiger partial charge in [-0.15, -0.1) is 0 Å². The number of rotatable bonds is 0. The molecule has 1 aromatic heterocycles. The molecule has 0 aliphatic carbocycles. The van der Waals surface area contributed by atoms with Gasteiger partial charge in [0.2, 0.25) is 0 Å². The summed E-state index contributed by atoms with van der Waals surface area (Å²) in [4.78, 5) is 0. The summed E-state index contributed by atoms with van der Waals surface area (Å²) in [7, 11) is 0. The molecule has 2 aromatic rings. The molecule has 1 aromatic carbocycles. The van der Waals surface area contributed by atoms with Gasteiger partial charge in [-0.25, -0.2) is 0 Å². The monoisotopic (exact) mass is 221 g/mol. The third kappa shape index (κ3) is 10.8. The molecule has 0 aliphatic heterocycles. The van der Waals surface area contributed by atoms with E-state index < -0.39 is 0 Å². The average molecular weight is 221 g/mol. The largest absolute Gasteiger partial charge is 0.185 e. The number of thiol groups is 1. The summed E-state index contributed by atoms with van der Waals surface area (Å²) in [5.74, 6) is 0. The summed E-state index contributed by atoms with van der Waals surface area (Å²) in [5.41, 5.74) is 0. The quantitative estimate of drug-likeness (QED) is 0.530. The van der Waals surface area contributed by atoms with Crippen molar-refractivity contribution in [1.29, 1.82) is 5.26 Å². The predicted molar refractivity (Wildman–Crippen MR) is 65.4 cm³/mol. The second-order valence-electron chi connectivity index (χ2n) is 2.05. The molecule has 0 atom stereocenters. The minimum atomic E-state index is 1.44. The van der Waals surface area contributed by atoms with Crippen LogP contribution in [0.2, 0.25) is 0 Å². The van der Waals surface area contributed by atoms with Gasteiger partial charge in [0.15, 0.2) is 0 Å². The topological polar surface area (TPSA) is 23.8 Å². The zero-order valence-corrected chi connectivity index (χ0v) is 9.29. The van der Waals surface area contributed by atoms with E-state index in [1.54, 1.807) is 11.3 Å². The van der Waals surface area contributed by atoms with Gasteiger partial charge in [0, 0.05) is 0 Å². The maximum absolute atomic E-state index is 7.18. The van der Waals surface area contributed by atoms with Gasteiger partial charge < -0.3 is 0 Å². The fourth-order valence-corrected chi connectivity index (χ4v) is 1.07. The molecule has 0 amide bonds. The van der Waals surface area contributed by atoms with E-state index in [-0.39, 0.29) is 0 Å². The number of hydrogen-bond donors (Lipinski definition) is 1. The third-order valence-electron chi connectivity index (χ3n) is 1.09. The molecule has 0 aliphatic rings. The Morgan fingerprint density at radius 3 is 1.21 bits per heavy atom. The molecule has 0 bridgehead atoms. The van der Waals surface area contributed by atoms with Crippen LogP contribution < -0.4 is 0 Å². The molecule has 0 saturated heterocycles. The summed E-state index contributed by atoms with van der Waals surface area (Å²) >= 11 is 4.81. The first-order valence-corrected chi connectivity index (χ1v) is 5.31. The van der Waals surface area contributed by atoms with E-state index in [2.05, 4.69) is 12.6 Å². The van der Waals surface area contributed by atoms with Gasteiger partial charge in [0.25, 0.3) is 0 Å². The van der Waals surface area contributed by atoms with E-state index in [1.165, 1.54) is 5.40 Å². The minimum absolute atomic E-state index is 1.44. The van der Waals surface area contributed by atoms with Gasteiger partial charge in [-0.1, -0.05) is 61.2 Å². The van der Waals surface area contributed by atoms with Crippen molar-refractivity contribution < 1.29 is 0 Å². The van der Waals surface area contributed by atoms with E-state index in [0.29, 0.717) is 0 Å². The molecule has 0 N–H and O–H groups in total. The van der Waals surface area contributed by atoms with Crippen LogP contribution >= 0.6 is 24.0 Å². The smallest absolute Gasteiger partial charge is 0.130 e. The normalized spacial score (nSPS) is 6.86. The SMILES string of the molecule is N#CS.c1ccccc1.c1ccsc1. The Morgan fingerprint density at radius 1 is 0.786 bits per heavy atom. The van der Waals surface area contributed by atoms with Crippen molar-refractivity contribution >= 4 is 24.0 Å². The number of benzene rings is 1. The van der Waals surface area contributed by atoms with Gasteiger partial charge in [0.1, 0.15) is 5.40 Å². The van der Waals surface area contributed by atoms with E-state index in [0.717, 1.165) is 0 Å². The van der Waals surface area contributed by atoms with E-state index in [4.69, 9.17) is 5.26 Å². The van der Waals surface area contributed by atoms with Crippen molar-refractivity contribution in [2.24, 2.45) is 0 Å². The van der Waals surface area contributed by atoms with Crippen LogP contribution in [-0.4, -0.2) is 0 Å². The molecule has 2 rings (SSSR count). The second kappa shape index (κ2) is 11.8. The average Bonchev–Trinajstić information content (AvgIpc) is 2.80.